The second kappa shape index (κ2) is 12.0. The van der Waals surface area contributed by atoms with Crippen LogP contribution in [0.3, 0.4) is 0 Å². The summed E-state index contributed by atoms with van der Waals surface area (Å²) < 4.78 is 28.7. The number of nitrogens with two attached hydrogens (primary N) is 1. The first-order valence-electron chi connectivity index (χ1n) is 10.9. The van der Waals surface area contributed by atoms with E-state index in [-0.39, 0.29) is 36.6 Å². The molecule has 6 N–H and O–H groups in total. The molecule has 0 fully saturated rings. The van der Waals surface area contributed by atoms with Crippen LogP contribution in [0.5, 0.6) is 5.75 Å². The van der Waals surface area contributed by atoms with Crippen LogP contribution in [0.2, 0.25) is 0 Å². The number of hydrogen-bond acceptors (Lipinski definition) is 6. The molecule has 0 aliphatic rings. The number of hydrazone groups is 1. The van der Waals surface area contributed by atoms with Gasteiger partial charge in [-0.1, -0.05) is 42.5 Å². The van der Waals surface area contributed by atoms with Crippen molar-refractivity contribution in [2.75, 3.05) is 6.54 Å². The Balaban J connectivity index is 1.72. The minimum absolute atomic E-state index is 0.0121. The zero-order valence-electron chi connectivity index (χ0n) is 19.1. The van der Waals surface area contributed by atoms with Crippen LogP contribution in [0, 0.1) is 10.1 Å². The zero-order valence-corrected chi connectivity index (χ0v) is 19.9. The third kappa shape index (κ3) is 7.65. The van der Waals surface area contributed by atoms with E-state index in [4.69, 9.17) is 5.73 Å². The average Bonchev–Trinajstić information content (AvgIpc) is 2.84. The molecule has 3 aromatic rings. The maximum atomic E-state index is 13.1. The van der Waals surface area contributed by atoms with Crippen molar-refractivity contribution in [3.63, 3.8) is 0 Å². The molecule has 0 aromatic heterocycles. The minimum atomic E-state index is -4.06. The summed E-state index contributed by atoms with van der Waals surface area (Å²) in [6.45, 7) is 0.247. The average molecular weight is 515 g/mol. The molecule has 0 spiro atoms. The fourth-order valence-electron chi connectivity index (χ4n) is 3.41. The van der Waals surface area contributed by atoms with Crippen molar-refractivity contribution in [1.82, 2.24) is 15.4 Å². The number of phenols is 1. The van der Waals surface area contributed by atoms with Gasteiger partial charge in [0.1, 0.15) is 16.9 Å². The van der Waals surface area contributed by atoms with Gasteiger partial charge in [-0.15, -0.1) is 0 Å². The fraction of sp³-hybridized carbons (Fsp3) is 0.217. The summed E-state index contributed by atoms with van der Waals surface area (Å²) in [5.74, 6) is -0.872. The predicted octanol–water partition coefficient (Wildman–Crippen LogP) is 1.38. The van der Waals surface area contributed by atoms with E-state index in [0.717, 1.165) is 10.8 Å². The van der Waals surface area contributed by atoms with E-state index in [1.807, 2.05) is 12.1 Å². The Hall–Kier alpha value is -4.23. The number of nitrogens with one attached hydrogen (secondary N) is 3. The Morgan fingerprint density at radius 3 is 2.44 bits per heavy atom. The Morgan fingerprint density at radius 2 is 1.75 bits per heavy atom. The molecule has 0 saturated carbocycles. The highest BCUT2D eigenvalue weighted by Crippen LogP contribution is 2.19. The van der Waals surface area contributed by atoms with Gasteiger partial charge in [0.2, 0.25) is 15.9 Å². The summed E-state index contributed by atoms with van der Waals surface area (Å²) in [7, 11) is -4.06. The Labute approximate surface area is 207 Å². The number of nitro groups is 1. The second-order valence-corrected chi connectivity index (χ2v) is 9.57. The van der Waals surface area contributed by atoms with Crippen molar-refractivity contribution >= 4 is 32.7 Å². The van der Waals surface area contributed by atoms with Gasteiger partial charge in [-0.25, -0.2) is 18.5 Å². The van der Waals surface area contributed by atoms with E-state index in [1.54, 1.807) is 30.3 Å². The van der Waals surface area contributed by atoms with Gasteiger partial charge in [-0.05, 0) is 53.4 Å². The lowest BCUT2D eigenvalue weighted by Gasteiger charge is -2.19. The monoisotopic (exact) mass is 514 g/mol. The highest BCUT2D eigenvalue weighted by molar-refractivity contribution is 7.89. The minimum Gasteiger partial charge on any atom is -0.508 e. The van der Waals surface area contributed by atoms with Crippen molar-refractivity contribution in [2.24, 2.45) is 10.8 Å². The van der Waals surface area contributed by atoms with E-state index in [2.05, 4.69) is 20.5 Å². The van der Waals surface area contributed by atoms with Crippen LogP contribution >= 0.6 is 0 Å². The molecule has 0 unspecified atom stereocenters. The van der Waals surface area contributed by atoms with Crippen molar-refractivity contribution in [3.05, 3.63) is 82.4 Å². The molecular formula is C23H26N6O6S. The number of amides is 1. The second-order valence-electron chi connectivity index (χ2n) is 7.86. The summed E-state index contributed by atoms with van der Waals surface area (Å²) in [5, 5.41) is 28.6. The van der Waals surface area contributed by atoms with Gasteiger partial charge in [0.25, 0.3) is 5.96 Å². The normalized spacial score (nSPS) is 12.7. The van der Waals surface area contributed by atoms with E-state index in [0.29, 0.717) is 5.56 Å². The molecule has 0 aliphatic heterocycles. The summed E-state index contributed by atoms with van der Waals surface area (Å²) in [6.07, 6.45) is 0.332. The van der Waals surface area contributed by atoms with Gasteiger partial charge in [-0.2, -0.15) is 4.72 Å². The number of nitrogens with zero attached hydrogens (tertiary/aromatic N) is 2. The lowest BCUT2D eigenvalue weighted by atomic mass is 10.1. The topological polar surface area (TPSA) is 189 Å². The van der Waals surface area contributed by atoms with Crippen LogP contribution in [-0.4, -0.2) is 43.0 Å². The van der Waals surface area contributed by atoms with Crippen LogP contribution in [0.25, 0.3) is 10.8 Å². The van der Waals surface area contributed by atoms with Crippen molar-refractivity contribution < 1.29 is 23.4 Å². The lowest BCUT2D eigenvalue weighted by molar-refractivity contribution is -0.485. The van der Waals surface area contributed by atoms with E-state index in [9.17, 15) is 28.4 Å². The maximum Gasteiger partial charge on any atom is 0.266 e. The highest BCUT2D eigenvalue weighted by Gasteiger charge is 2.25. The van der Waals surface area contributed by atoms with Crippen LogP contribution < -0.4 is 21.1 Å². The van der Waals surface area contributed by atoms with Crippen molar-refractivity contribution in [1.29, 1.82) is 0 Å². The van der Waals surface area contributed by atoms with Gasteiger partial charge in [0, 0.05) is 13.1 Å². The molecule has 13 heteroatoms. The number of aromatic hydroxyl groups is 1. The molecule has 0 heterocycles. The number of carbonyl (C=O) groups excluding carboxylic acids is 1. The first-order valence-corrected chi connectivity index (χ1v) is 12.4. The number of rotatable bonds is 11. The molecule has 1 atom stereocenters. The van der Waals surface area contributed by atoms with E-state index in [1.165, 1.54) is 24.3 Å². The molecule has 190 valence electrons. The first-order chi connectivity index (χ1) is 17.1. The molecule has 3 rings (SSSR count). The smallest absolute Gasteiger partial charge is 0.266 e. The van der Waals surface area contributed by atoms with Gasteiger partial charge in [0.05, 0.1) is 4.90 Å². The van der Waals surface area contributed by atoms with Gasteiger partial charge >= 0.3 is 0 Å². The molecule has 12 nitrogen and oxygen atoms in total. The molecule has 0 aliphatic carbocycles. The summed E-state index contributed by atoms with van der Waals surface area (Å²) in [5.41, 5.74) is 6.10. The van der Waals surface area contributed by atoms with Crippen molar-refractivity contribution in [2.45, 2.75) is 30.3 Å². The Bertz CT molecular complexity index is 1360. The predicted molar refractivity (Wildman–Crippen MR) is 134 cm³/mol. The molecule has 0 bridgehead atoms. The summed E-state index contributed by atoms with van der Waals surface area (Å²) in [4.78, 5) is 23.3. The third-order valence-corrected chi connectivity index (χ3v) is 6.68. The van der Waals surface area contributed by atoms with E-state index >= 15 is 0 Å². The van der Waals surface area contributed by atoms with Crippen LogP contribution in [-0.2, 0) is 21.4 Å². The number of phenolic OH excluding ortho intramolecular Hbond substituents is 1. The Morgan fingerprint density at radius 1 is 1.06 bits per heavy atom. The summed E-state index contributed by atoms with van der Waals surface area (Å²) >= 11 is 0. The van der Waals surface area contributed by atoms with Gasteiger partial charge in [-0.3, -0.25) is 4.79 Å². The Kier molecular flexibility index (Phi) is 8.76. The maximum absolute atomic E-state index is 13.1. The first kappa shape index (κ1) is 26.4. The fourth-order valence-corrected chi connectivity index (χ4v) is 4.67. The van der Waals surface area contributed by atoms with Crippen LogP contribution in [0.1, 0.15) is 18.4 Å². The molecule has 0 saturated heterocycles. The van der Waals surface area contributed by atoms with E-state index < -0.39 is 33.0 Å². The standard InChI is InChI=1S/C23H26N6O6S/c24-23(27-29(32)33)25-13-3-6-21(22(31)26-15-16-7-10-19(30)11-8-16)28-36(34,35)20-12-9-17-4-1-2-5-18(17)14-20/h1-2,4-5,7-12,14,21,28,30H,3,6,13,15H2,(H,26,31)(H3,24,25,27)/t21-/m1/s1. The van der Waals surface area contributed by atoms with Gasteiger partial charge < -0.3 is 21.5 Å². The number of carbonyl (C=O) groups is 1. The molecular weight excluding hydrogens is 488 g/mol. The molecule has 1 amide bonds. The molecule has 36 heavy (non-hydrogen) atoms. The number of fused-ring (bicyclic) bond motifs is 1. The largest absolute Gasteiger partial charge is 0.508 e. The van der Waals surface area contributed by atoms with Gasteiger partial charge in [0.15, 0.2) is 5.03 Å². The van der Waals surface area contributed by atoms with Crippen LogP contribution in [0.4, 0.5) is 0 Å². The zero-order chi connectivity index (χ0) is 26.1. The highest BCUT2D eigenvalue weighted by atomic mass is 32.2. The van der Waals surface area contributed by atoms with Crippen LogP contribution in [0.15, 0.2) is 76.7 Å². The van der Waals surface area contributed by atoms with Crippen molar-refractivity contribution in [3.8, 4) is 5.75 Å². The molecule has 3 aromatic carbocycles. The SMILES string of the molecule is N/C(=N/[N+](=O)[O-])NCCC[C@@H](NS(=O)(=O)c1ccc2ccccc2c1)C(=O)NCc1ccc(O)cc1. The third-order valence-electron chi connectivity index (χ3n) is 5.21. The lowest BCUT2D eigenvalue weighted by Crippen LogP contribution is -2.46. The summed E-state index contributed by atoms with van der Waals surface area (Å²) in [6, 6.07) is 17.1. The number of sulfonamides is 1. The number of guanidine groups is 1. The quantitative estimate of drug-likeness (QED) is 0.0833. The molecule has 0 radical (unpaired) electrons. The number of hydrogen-bond donors (Lipinski definition) is 5. The number of benzene rings is 3.